The van der Waals surface area contributed by atoms with Crippen LogP contribution in [-0.4, -0.2) is 17.4 Å². The molecule has 0 N–H and O–H groups in total. The molecule has 6 heteroatoms. The Morgan fingerprint density at radius 1 is 1.10 bits per heavy atom. The van der Waals surface area contributed by atoms with Crippen LogP contribution in [0.2, 0.25) is 10.0 Å². The normalized spacial score (nSPS) is 18.0. The first-order valence-electron chi connectivity index (χ1n) is 10.4. The largest absolute Gasteiger partial charge is 0.483 e. The first-order chi connectivity index (χ1) is 15.0. The lowest BCUT2D eigenvalue weighted by Crippen LogP contribution is -2.13. The van der Waals surface area contributed by atoms with Crippen molar-refractivity contribution in [2.24, 2.45) is 4.99 Å². The summed E-state index contributed by atoms with van der Waals surface area (Å²) in [4.78, 5) is 17.9. The topological polar surface area (TPSA) is 38.7 Å². The second-order valence-electron chi connectivity index (χ2n) is 7.68. The lowest BCUT2D eigenvalue weighted by molar-refractivity contribution is -0.117. The fraction of sp³-hybridized carbons (Fsp3) is 0.280. The minimum atomic E-state index is -0.335. The van der Waals surface area contributed by atoms with Gasteiger partial charge in [0.15, 0.2) is 4.90 Å². The van der Waals surface area contributed by atoms with Crippen molar-refractivity contribution in [3.8, 4) is 0 Å². The van der Waals surface area contributed by atoms with Crippen molar-refractivity contribution in [2.45, 2.75) is 43.1 Å². The molecule has 0 bridgehead atoms. The monoisotopic (exact) mass is 472 g/mol. The SMILES string of the molecule is CC[SH+]c1ccc(CC(=O)N=C2C=CC(OC3(c4ccc(Cl)c(Cl)c4)CC3)=CC2)cc1. The van der Waals surface area contributed by atoms with Crippen molar-refractivity contribution in [1.82, 2.24) is 0 Å². The third kappa shape index (κ3) is 5.62. The molecule has 0 spiro atoms. The van der Waals surface area contributed by atoms with E-state index in [4.69, 9.17) is 27.9 Å². The summed E-state index contributed by atoms with van der Waals surface area (Å²) in [7, 11) is 0. The summed E-state index contributed by atoms with van der Waals surface area (Å²) in [5, 5.41) is 1.08. The van der Waals surface area contributed by atoms with Crippen molar-refractivity contribution >= 4 is 46.6 Å². The Kier molecular flexibility index (Phi) is 6.90. The van der Waals surface area contributed by atoms with Crippen LogP contribution in [0.5, 0.6) is 0 Å². The maximum atomic E-state index is 12.4. The second kappa shape index (κ2) is 9.64. The van der Waals surface area contributed by atoms with Crippen LogP contribution in [0.15, 0.2) is 76.3 Å². The number of nitrogens with zero attached hydrogens (tertiary/aromatic N) is 1. The molecule has 1 saturated carbocycles. The van der Waals surface area contributed by atoms with Gasteiger partial charge in [-0.2, -0.15) is 0 Å². The van der Waals surface area contributed by atoms with Gasteiger partial charge < -0.3 is 4.74 Å². The predicted octanol–water partition coefficient (Wildman–Crippen LogP) is 6.25. The standard InChI is InChI=1S/C25H23Cl2NO2S/c1-2-31-21-10-3-17(4-11-21)15-24(29)28-19-6-8-20(9-7-19)30-25(13-14-25)18-5-12-22(26)23(27)16-18/h3-6,8-12,16H,2,7,13-15H2,1H3/p+1. The van der Waals surface area contributed by atoms with Crippen molar-refractivity contribution in [2.75, 3.05) is 5.75 Å². The lowest BCUT2D eigenvalue weighted by Gasteiger charge is -2.21. The number of halogens is 2. The predicted molar refractivity (Wildman–Crippen MR) is 130 cm³/mol. The number of allylic oxidation sites excluding steroid dienone is 3. The van der Waals surface area contributed by atoms with E-state index in [2.05, 4.69) is 24.0 Å². The summed E-state index contributed by atoms with van der Waals surface area (Å²) >= 11 is 13.5. The van der Waals surface area contributed by atoms with Gasteiger partial charge in [0.2, 0.25) is 5.91 Å². The summed E-state index contributed by atoms with van der Waals surface area (Å²) in [5.74, 6) is 1.75. The number of amides is 1. The molecule has 0 heterocycles. The molecular formula is C25H24Cl2NO2S+. The molecule has 0 aliphatic heterocycles. The van der Waals surface area contributed by atoms with Gasteiger partial charge in [-0.05, 0) is 73.4 Å². The fourth-order valence-corrected chi connectivity index (χ4v) is 4.55. The second-order valence-corrected chi connectivity index (χ2v) is 9.96. The number of hydrogen-bond acceptors (Lipinski definition) is 2. The van der Waals surface area contributed by atoms with Crippen LogP contribution in [0, 0.1) is 0 Å². The number of benzene rings is 2. The molecule has 2 aromatic carbocycles. The van der Waals surface area contributed by atoms with Crippen molar-refractivity contribution < 1.29 is 9.53 Å². The summed E-state index contributed by atoms with van der Waals surface area (Å²) in [6.07, 6.45) is 8.48. The van der Waals surface area contributed by atoms with Gasteiger partial charge >= 0.3 is 0 Å². The summed E-state index contributed by atoms with van der Waals surface area (Å²) in [6.45, 7) is 2.15. The molecule has 2 aliphatic carbocycles. The highest BCUT2D eigenvalue weighted by atomic mass is 35.5. The lowest BCUT2D eigenvalue weighted by atomic mass is 10.1. The van der Waals surface area contributed by atoms with Crippen LogP contribution >= 0.6 is 23.2 Å². The molecule has 4 rings (SSSR count). The summed E-state index contributed by atoms with van der Waals surface area (Å²) in [5.41, 5.74) is 2.44. The zero-order valence-electron chi connectivity index (χ0n) is 17.3. The van der Waals surface area contributed by atoms with Crippen molar-refractivity contribution in [1.29, 1.82) is 0 Å². The van der Waals surface area contributed by atoms with Gasteiger partial charge in [0, 0.05) is 23.9 Å². The van der Waals surface area contributed by atoms with E-state index in [0.29, 0.717) is 22.9 Å². The molecule has 2 aromatic rings. The number of hydrogen-bond donors (Lipinski definition) is 0. The zero-order chi connectivity index (χ0) is 21.8. The molecule has 0 unspecified atom stereocenters. The molecule has 0 atom stereocenters. The molecule has 3 nitrogen and oxygen atoms in total. The van der Waals surface area contributed by atoms with Crippen LogP contribution in [-0.2, 0) is 33.3 Å². The van der Waals surface area contributed by atoms with E-state index in [1.165, 1.54) is 16.7 Å². The number of carbonyl (C=O) groups is 1. The van der Waals surface area contributed by atoms with Gasteiger partial charge in [-0.15, -0.1) is 0 Å². The summed E-state index contributed by atoms with van der Waals surface area (Å²) in [6, 6.07) is 13.8. The van der Waals surface area contributed by atoms with Gasteiger partial charge in [-0.25, -0.2) is 4.99 Å². The van der Waals surface area contributed by atoms with Gasteiger partial charge in [-0.1, -0.05) is 41.4 Å². The third-order valence-electron chi connectivity index (χ3n) is 5.32. The Balaban J connectivity index is 1.34. The van der Waals surface area contributed by atoms with Crippen LogP contribution in [0.3, 0.4) is 0 Å². The molecule has 2 aliphatic rings. The van der Waals surface area contributed by atoms with Crippen molar-refractivity contribution in [3.63, 3.8) is 0 Å². The van der Waals surface area contributed by atoms with E-state index in [1.54, 1.807) is 6.07 Å². The highest BCUT2D eigenvalue weighted by Crippen LogP contribution is 2.51. The molecular weight excluding hydrogens is 449 g/mol. The molecule has 1 amide bonds. The molecule has 0 saturated heterocycles. The van der Waals surface area contributed by atoms with Gasteiger partial charge in [0.25, 0.3) is 0 Å². The smallest absolute Gasteiger partial charge is 0.250 e. The third-order valence-corrected chi connectivity index (χ3v) is 7.03. The number of rotatable bonds is 7. The Hall–Kier alpha value is -2.01. The van der Waals surface area contributed by atoms with Crippen LogP contribution in [0.1, 0.15) is 37.3 Å². The molecule has 160 valence electrons. The van der Waals surface area contributed by atoms with Crippen LogP contribution in [0.4, 0.5) is 0 Å². The van der Waals surface area contributed by atoms with Gasteiger partial charge in [-0.3, -0.25) is 4.79 Å². The van der Waals surface area contributed by atoms with E-state index in [-0.39, 0.29) is 11.5 Å². The zero-order valence-corrected chi connectivity index (χ0v) is 19.7. The molecule has 1 fully saturated rings. The molecule has 0 radical (unpaired) electrons. The maximum absolute atomic E-state index is 12.4. The van der Waals surface area contributed by atoms with Crippen LogP contribution in [0.25, 0.3) is 0 Å². The van der Waals surface area contributed by atoms with Crippen LogP contribution < -0.4 is 0 Å². The quantitative estimate of drug-likeness (QED) is 0.352. The van der Waals surface area contributed by atoms with E-state index >= 15 is 0 Å². The maximum Gasteiger partial charge on any atom is 0.250 e. The highest BCUT2D eigenvalue weighted by molar-refractivity contribution is 7.78. The average molecular weight is 473 g/mol. The van der Waals surface area contributed by atoms with Crippen molar-refractivity contribution in [3.05, 3.63) is 87.6 Å². The average Bonchev–Trinajstić information content (AvgIpc) is 3.54. The van der Waals surface area contributed by atoms with Gasteiger partial charge in [0.1, 0.15) is 17.1 Å². The number of carbonyl (C=O) groups excluding carboxylic acids is 1. The molecule has 0 aromatic heterocycles. The first kappa shape index (κ1) is 22.2. The van der Waals surface area contributed by atoms with Gasteiger partial charge in [0.05, 0.1) is 16.5 Å². The first-order valence-corrected chi connectivity index (χ1v) is 12.2. The van der Waals surface area contributed by atoms with E-state index < -0.39 is 0 Å². The minimum absolute atomic E-state index is 0.132. The van der Waals surface area contributed by atoms with E-state index in [9.17, 15) is 4.79 Å². The Morgan fingerprint density at radius 3 is 2.48 bits per heavy atom. The Labute approximate surface area is 197 Å². The molecule has 31 heavy (non-hydrogen) atoms. The fourth-order valence-electron chi connectivity index (χ4n) is 3.52. The number of aliphatic imine (C=N–C) groups is 1. The highest BCUT2D eigenvalue weighted by Gasteiger charge is 2.47. The minimum Gasteiger partial charge on any atom is -0.483 e. The Bertz CT molecular complexity index is 1070. The Morgan fingerprint density at radius 2 is 1.87 bits per heavy atom. The van der Waals surface area contributed by atoms with E-state index in [0.717, 1.165) is 41.2 Å². The summed E-state index contributed by atoms with van der Waals surface area (Å²) < 4.78 is 6.28. The number of thiol groups is 1. The van der Waals surface area contributed by atoms with E-state index in [1.807, 2.05) is 42.5 Å². The number of ether oxygens (including phenoxy) is 1.